The lowest BCUT2D eigenvalue weighted by atomic mass is 10.1. The lowest BCUT2D eigenvalue weighted by Gasteiger charge is -2.16. The van der Waals surface area contributed by atoms with Gasteiger partial charge in [-0.15, -0.1) is 11.6 Å². The van der Waals surface area contributed by atoms with E-state index < -0.39 is 10.0 Å². The minimum absolute atomic E-state index is 0.180. The average Bonchev–Trinajstić information content (AvgIpc) is 2.41. The summed E-state index contributed by atoms with van der Waals surface area (Å²) in [5.41, 5.74) is 6.93. The number of nitrogens with two attached hydrogens (primary N) is 1. The molecule has 3 N–H and O–H groups in total. The van der Waals surface area contributed by atoms with Crippen LogP contribution in [0.3, 0.4) is 0 Å². The molecule has 0 heterocycles. The van der Waals surface area contributed by atoms with Crippen molar-refractivity contribution in [2.45, 2.75) is 16.7 Å². The number of alkyl halides is 1. The van der Waals surface area contributed by atoms with Crippen molar-refractivity contribution in [3.8, 4) is 0 Å². The lowest BCUT2D eigenvalue weighted by molar-refractivity contribution is 0.584. The van der Waals surface area contributed by atoms with Crippen LogP contribution in [0.25, 0.3) is 0 Å². The van der Waals surface area contributed by atoms with Crippen LogP contribution in [0.5, 0.6) is 0 Å². The highest BCUT2D eigenvalue weighted by molar-refractivity contribution is 7.89. The largest absolute Gasteiger partial charge is 0.399 e. The van der Waals surface area contributed by atoms with Crippen molar-refractivity contribution in [3.05, 3.63) is 47.0 Å². The van der Waals surface area contributed by atoms with Gasteiger partial charge in [-0.05, 0) is 36.8 Å². The fourth-order valence-corrected chi connectivity index (χ4v) is 3.19. The monoisotopic (exact) mass is 332 g/mol. The number of benzene rings is 1. The summed E-state index contributed by atoms with van der Waals surface area (Å²) in [6.45, 7) is 0.205. The molecule has 20 heavy (non-hydrogen) atoms. The molecular formula is C13H14Cl2N2O2S. The molecule has 1 aromatic carbocycles. The third-order valence-electron chi connectivity index (χ3n) is 2.90. The minimum atomic E-state index is -3.55. The SMILES string of the molecule is Nc1ccc(S(=O)(=O)NCC2=CC=C(Cl)C(Cl)C2)cc1. The first-order valence-electron chi connectivity index (χ1n) is 5.93. The van der Waals surface area contributed by atoms with Gasteiger partial charge in [0.05, 0.1) is 10.3 Å². The van der Waals surface area contributed by atoms with E-state index in [1.54, 1.807) is 24.3 Å². The van der Waals surface area contributed by atoms with Gasteiger partial charge in [-0.3, -0.25) is 0 Å². The molecule has 1 aromatic rings. The number of rotatable bonds is 4. The number of anilines is 1. The Morgan fingerprint density at radius 2 is 1.90 bits per heavy atom. The molecule has 0 amide bonds. The fraction of sp³-hybridized carbons (Fsp3) is 0.231. The maximum absolute atomic E-state index is 12.1. The molecule has 1 unspecified atom stereocenters. The van der Waals surface area contributed by atoms with Crippen molar-refractivity contribution in [3.63, 3.8) is 0 Å². The number of sulfonamides is 1. The van der Waals surface area contributed by atoms with Gasteiger partial charge in [-0.25, -0.2) is 13.1 Å². The summed E-state index contributed by atoms with van der Waals surface area (Å²) in [5, 5.41) is 0.273. The first-order chi connectivity index (χ1) is 9.38. The Bertz CT molecular complexity index is 651. The molecule has 2 rings (SSSR count). The number of hydrogen-bond donors (Lipinski definition) is 2. The number of nitrogens with one attached hydrogen (secondary N) is 1. The molecule has 0 bridgehead atoms. The van der Waals surface area contributed by atoms with E-state index in [-0.39, 0.29) is 16.8 Å². The van der Waals surface area contributed by atoms with Crippen molar-refractivity contribution < 1.29 is 8.42 Å². The van der Waals surface area contributed by atoms with E-state index in [1.165, 1.54) is 12.1 Å². The zero-order chi connectivity index (χ0) is 14.8. The number of nitrogen functional groups attached to an aromatic ring is 1. The van der Waals surface area contributed by atoms with Gasteiger partial charge >= 0.3 is 0 Å². The van der Waals surface area contributed by atoms with Crippen LogP contribution < -0.4 is 10.5 Å². The van der Waals surface area contributed by atoms with Gasteiger partial charge < -0.3 is 5.73 Å². The first kappa shape index (κ1) is 15.4. The summed E-state index contributed by atoms with van der Waals surface area (Å²) in [6.07, 6.45) is 4.00. The zero-order valence-electron chi connectivity index (χ0n) is 10.5. The molecule has 0 saturated heterocycles. The normalized spacial score (nSPS) is 19.4. The van der Waals surface area contributed by atoms with Crippen molar-refractivity contribution in [2.24, 2.45) is 0 Å². The standard InChI is InChI=1S/C13H14Cl2N2O2S/c14-12-6-1-9(7-13(12)15)8-17-20(18,19)11-4-2-10(16)3-5-11/h1-6,13,17H,7-8,16H2. The highest BCUT2D eigenvalue weighted by Crippen LogP contribution is 2.26. The van der Waals surface area contributed by atoms with E-state index in [2.05, 4.69) is 4.72 Å². The predicted octanol–water partition coefficient (Wildman–Crippen LogP) is 2.61. The summed E-state index contributed by atoms with van der Waals surface area (Å²) >= 11 is 11.9. The smallest absolute Gasteiger partial charge is 0.240 e. The lowest BCUT2D eigenvalue weighted by Crippen LogP contribution is -2.27. The summed E-state index contributed by atoms with van der Waals surface area (Å²) < 4.78 is 26.7. The van der Waals surface area contributed by atoms with Gasteiger partial charge in [0.1, 0.15) is 0 Å². The van der Waals surface area contributed by atoms with E-state index in [4.69, 9.17) is 28.9 Å². The van der Waals surface area contributed by atoms with Crippen LogP contribution in [0.15, 0.2) is 51.9 Å². The third kappa shape index (κ3) is 3.76. The molecule has 0 saturated carbocycles. The van der Waals surface area contributed by atoms with E-state index in [0.29, 0.717) is 17.1 Å². The second kappa shape index (κ2) is 6.18. The summed E-state index contributed by atoms with van der Waals surface area (Å²) in [4.78, 5) is 0.180. The van der Waals surface area contributed by atoms with Gasteiger partial charge in [0.25, 0.3) is 0 Å². The van der Waals surface area contributed by atoms with Gasteiger partial charge in [0.2, 0.25) is 10.0 Å². The van der Waals surface area contributed by atoms with E-state index in [1.807, 2.05) is 0 Å². The highest BCUT2D eigenvalue weighted by Gasteiger charge is 2.18. The quantitative estimate of drug-likeness (QED) is 0.657. The Morgan fingerprint density at radius 1 is 1.25 bits per heavy atom. The molecule has 4 nitrogen and oxygen atoms in total. The molecule has 0 fully saturated rings. The fourth-order valence-electron chi connectivity index (χ4n) is 1.75. The maximum Gasteiger partial charge on any atom is 0.240 e. The van der Waals surface area contributed by atoms with Crippen LogP contribution in [-0.2, 0) is 10.0 Å². The Morgan fingerprint density at radius 3 is 2.50 bits per heavy atom. The molecular weight excluding hydrogens is 319 g/mol. The van der Waals surface area contributed by atoms with Crippen molar-refractivity contribution in [1.82, 2.24) is 4.72 Å². The summed E-state index contributed by atoms with van der Waals surface area (Å²) in [7, 11) is -3.55. The Hall–Kier alpha value is -1.01. The average molecular weight is 333 g/mol. The van der Waals surface area contributed by atoms with Crippen molar-refractivity contribution in [1.29, 1.82) is 0 Å². The van der Waals surface area contributed by atoms with Crippen molar-refractivity contribution in [2.75, 3.05) is 12.3 Å². The molecule has 0 spiro atoms. The summed E-state index contributed by atoms with van der Waals surface area (Å²) in [6, 6.07) is 6.03. The van der Waals surface area contributed by atoms with Crippen molar-refractivity contribution >= 4 is 38.9 Å². The van der Waals surface area contributed by atoms with Crippen LogP contribution in [0.2, 0.25) is 0 Å². The predicted molar refractivity (Wildman–Crippen MR) is 82.3 cm³/mol. The van der Waals surface area contributed by atoms with Gasteiger partial charge in [-0.1, -0.05) is 23.3 Å². The Labute approximate surface area is 128 Å². The van der Waals surface area contributed by atoms with Gasteiger partial charge in [0, 0.05) is 17.3 Å². The topological polar surface area (TPSA) is 72.2 Å². The van der Waals surface area contributed by atoms with E-state index in [0.717, 1.165) is 5.57 Å². The Kier molecular flexibility index (Phi) is 4.75. The molecule has 0 aliphatic heterocycles. The first-order valence-corrected chi connectivity index (χ1v) is 8.22. The summed E-state index contributed by atoms with van der Waals surface area (Å²) in [5.74, 6) is 0. The van der Waals surface area contributed by atoms with Crippen LogP contribution in [0.4, 0.5) is 5.69 Å². The third-order valence-corrected chi connectivity index (χ3v) is 5.21. The maximum atomic E-state index is 12.1. The van der Waals surface area contributed by atoms with Crippen LogP contribution in [0, 0.1) is 0 Å². The molecule has 0 aromatic heterocycles. The molecule has 7 heteroatoms. The highest BCUT2D eigenvalue weighted by atomic mass is 35.5. The van der Waals surface area contributed by atoms with E-state index >= 15 is 0 Å². The van der Waals surface area contributed by atoms with E-state index in [9.17, 15) is 8.42 Å². The minimum Gasteiger partial charge on any atom is -0.399 e. The van der Waals surface area contributed by atoms with Crippen LogP contribution >= 0.6 is 23.2 Å². The second-order valence-electron chi connectivity index (χ2n) is 4.44. The van der Waals surface area contributed by atoms with Gasteiger partial charge in [-0.2, -0.15) is 0 Å². The zero-order valence-corrected chi connectivity index (χ0v) is 12.8. The molecule has 1 aliphatic rings. The van der Waals surface area contributed by atoms with Crippen LogP contribution in [-0.4, -0.2) is 20.3 Å². The number of halogens is 2. The Balaban J connectivity index is 2.05. The molecule has 0 radical (unpaired) electrons. The molecule has 1 atom stereocenters. The number of allylic oxidation sites excluding steroid dienone is 3. The number of hydrogen-bond acceptors (Lipinski definition) is 3. The van der Waals surface area contributed by atoms with Crippen LogP contribution in [0.1, 0.15) is 6.42 Å². The molecule has 1 aliphatic carbocycles. The molecule has 108 valence electrons. The van der Waals surface area contributed by atoms with Gasteiger partial charge in [0.15, 0.2) is 0 Å². The second-order valence-corrected chi connectivity index (χ2v) is 7.17.